The van der Waals surface area contributed by atoms with Gasteiger partial charge in [0.25, 0.3) is 0 Å². The molecule has 0 fully saturated rings. The zero-order chi connectivity index (χ0) is 12.5. The van der Waals surface area contributed by atoms with Crippen molar-refractivity contribution in [3.8, 4) is 5.75 Å². The van der Waals surface area contributed by atoms with E-state index in [1.165, 1.54) is 6.21 Å². The highest BCUT2D eigenvalue weighted by molar-refractivity contribution is 6.37. The molecule has 1 unspecified atom stereocenters. The summed E-state index contributed by atoms with van der Waals surface area (Å²) in [4.78, 5) is 20.3. The zero-order valence-electron chi connectivity index (χ0n) is 9.96. The van der Waals surface area contributed by atoms with E-state index in [2.05, 4.69) is 9.98 Å². The molecule has 2 aliphatic rings. The molecule has 1 atom stereocenters. The number of benzene rings is 1. The minimum Gasteiger partial charge on any atom is -0.496 e. The summed E-state index contributed by atoms with van der Waals surface area (Å²) in [6.07, 6.45) is 3.76. The van der Waals surface area contributed by atoms with E-state index in [1.807, 2.05) is 24.3 Å². The Morgan fingerprint density at radius 3 is 3.00 bits per heavy atom. The fourth-order valence-electron chi connectivity index (χ4n) is 2.29. The van der Waals surface area contributed by atoms with Crippen LogP contribution >= 0.6 is 0 Å². The number of ketones is 1. The Bertz CT molecular complexity index is 600. The van der Waals surface area contributed by atoms with Crippen molar-refractivity contribution >= 4 is 18.2 Å². The normalized spacial score (nSPS) is 21.4. The van der Waals surface area contributed by atoms with Gasteiger partial charge >= 0.3 is 0 Å². The van der Waals surface area contributed by atoms with Crippen LogP contribution in [0.1, 0.15) is 18.0 Å². The van der Waals surface area contributed by atoms with Gasteiger partial charge in [0, 0.05) is 23.8 Å². The molecule has 0 aromatic heterocycles. The summed E-state index contributed by atoms with van der Waals surface area (Å²) in [7, 11) is 1.63. The lowest BCUT2D eigenvalue weighted by atomic mass is 9.96. The Labute approximate surface area is 105 Å². The number of methoxy groups -OCH3 is 1. The van der Waals surface area contributed by atoms with Gasteiger partial charge in [-0.1, -0.05) is 18.2 Å². The largest absolute Gasteiger partial charge is 0.496 e. The van der Waals surface area contributed by atoms with Gasteiger partial charge in [-0.2, -0.15) is 0 Å². The molecular formula is C14H12N2O2. The molecule has 4 nitrogen and oxygen atoms in total. The van der Waals surface area contributed by atoms with Crippen molar-refractivity contribution in [3.63, 3.8) is 0 Å². The number of carbonyl (C=O) groups excluding carboxylic acids is 1. The SMILES string of the molecule is COc1ccccc1C1N=CC(=O)C2=C1N=CC2. The van der Waals surface area contributed by atoms with Crippen LogP contribution in [0.15, 0.2) is 45.5 Å². The van der Waals surface area contributed by atoms with E-state index in [0.717, 1.165) is 22.6 Å². The first kappa shape index (κ1) is 10.9. The summed E-state index contributed by atoms with van der Waals surface area (Å²) in [5.41, 5.74) is 2.45. The molecule has 18 heavy (non-hydrogen) atoms. The molecule has 2 heterocycles. The van der Waals surface area contributed by atoms with Crippen LogP contribution in [0.4, 0.5) is 0 Å². The van der Waals surface area contributed by atoms with E-state index in [4.69, 9.17) is 4.74 Å². The van der Waals surface area contributed by atoms with Crippen LogP contribution in [0, 0.1) is 0 Å². The number of ether oxygens (including phenoxy) is 1. The molecule has 0 bridgehead atoms. The zero-order valence-corrected chi connectivity index (χ0v) is 9.96. The third-order valence-electron chi connectivity index (χ3n) is 3.17. The molecule has 0 radical (unpaired) electrons. The average Bonchev–Trinajstić information content (AvgIpc) is 2.89. The third kappa shape index (κ3) is 1.57. The van der Waals surface area contributed by atoms with Crippen molar-refractivity contribution in [1.82, 2.24) is 0 Å². The van der Waals surface area contributed by atoms with Crippen LogP contribution in [-0.2, 0) is 4.79 Å². The van der Waals surface area contributed by atoms with E-state index < -0.39 is 0 Å². The predicted molar refractivity (Wildman–Crippen MR) is 69.4 cm³/mol. The van der Waals surface area contributed by atoms with Gasteiger partial charge in [0.2, 0.25) is 5.78 Å². The lowest BCUT2D eigenvalue weighted by Crippen LogP contribution is -2.14. The van der Waals surface area contributed by atoms with Crippen molar-refractivity contribution < 1.29 is 9.53 Å². The molecule has 90 valence electrons. The molecular weight excluding hydrogens is 228 g/mol. The number of aliphatic imine (C=N–C) groups is 2. The first-order valence-corrected chi connectivity index (χ1v) is 5.77. The standard InChI is InChI=1S/C14H12N2O2/c1-18-12-5-3-2-4-10(12)14-13-9(6-7-15-13)11(17)8-16-14/h2-5,7-8,14H,6H2,1H3. The van der Waals surface area contributed by atoms with E-state index in [1.54, 1.807) is 13.3 Å². The number of para-hydroxylation sites is 1. The van der Waals surface area contributed by atoms with E-state index in [0.29, 0.717) is 6.42 Å². The first-order valence-electron chi connectivity index (χ1n) is 5.77. The van der Waals surface area contributed by atoms with Crippen LogP contribution in [0.3, 0.4) is 0 Å². The predicted octanol–water partition coefficient (Wildman–Crippen LogP) is 2.12. The Balaban J connectivity index is 2.09. The van der Waals surface area contributed by atoms with Gasteiger partial charge in [0.15, 0.2) is 0 Å². The molecule has 1 aromatic carbocycles. The summed E-state index contributed by atoms with van der Waals surface area (Å²) in [5, 5.41) is 0. The van der Waals surface area contributed by atoms with Crippen molar-refractivity contribution in [2.75, 3.05) is 7.11 Å². The molecule has 4 heteroatoms. The second-order valence-electron chi connectivity index (χ2n) is 4.17. The molecule has 1 aromatic rings. The lowest BCUT2D eigenvalue weighted by Gasteiger charge is -2.19. The van der Waals surface area contributed by atoms with Crippen LogP contribution in [0.5, 0.6) is 5.75 Å². The monoisotopic (exact) mass is 240 g/mol. The number of hydrogen-bond acceptors (Lipinski definition) is 4. The van der Waals surface area contributed by atoms with E-state index >= 15 is 0 Å². The highest BCUT2D eigenvalue weighted by Gasteiger charge is 2.30. The Morgan fingerprint density at radius 2 is 2.17 bits per heavy atom. The minimum atomic E-state index is -0.229. The second kappa shape index (κ2) is 4.22. The van der Waals surface area contributed by atoms with Crippen LogP contribution in [0.2, 0.25) is 0 Å². The third-order valence-corrected chi connectivity index (χ3v) is 3.17. The van der Waals surface area contributed by atoms with E-state index in [-0.39, 0.29) is 11.8 Å². The van der Waals surface area contributed by atoms with Crippen molar-refractivity contribution in [2.24, 2.45) is 9.98 Å². The Morgan fingerprint density at radius 1 is 1.33 bits per heavy atom. The van der Waals surface area contributed by atoms with Gasteiger partial charge in [0.05, 0.1) is 19.0 Å². The quantitative estimate of drug-likeness (QED) is 0.795. The number of nitrogens with zero attached hydrogens (tertiary/aromatic N) is 2. The van der Waals surface area contributed by atoms with E-state index in [9.17, 15) is 4.79 Å². The summed E-state index contributed by atoms with van der Waals surface area (Å²) >= 11 is 0. The number of hydrogen-bond donors (Lipinski definition) is 0. The smallest absolute Gasteiger partial charge is 0.201 e. The molecule has 0 N–H and O–H groups in total. The molecule has 0 amide bonds. The number of allylic oxidation sites excluding steroid dienone is 1. The van der Waals surface area contributed by atoms with Gasteiger partial charge in [-0.15, -0.1) is 0 Å². The molecule has 0 aliphatic carbocycles. The first-order chi connectivity index (χ1) is 8.81. The van der Waals surface area contributed by atoms with Gasteiger partial charge in [-0.05, 0) is 6.07 Å². The molecule has 2 aliphatic heterocycles. The molecule has 0 spiro atoms. The van der Waals surface area contributed by atoms with Crippen molar-refractivity contribution in [2.45, 2.75) is 12.5 Å². The number of carbonyl (C=O) groups is 1. The minimum absolute atomic E-state index is 0.0337. The number of dihydropyridines is 1. The van der Waals surface area contributed by atoms with Crippen LogP contribution < -0.4 is 4.74 Å². The Hall–Kier alpha value is -2.23. The number of rotatable bonds is 2. The van der Waals surface area contributed by atoms with Gasteiger partial charge in [0.1, 0.15) is 11.8 Å². The maximum Gasteiger partial charge on any atom is 0.201 e. The highest BCUT2D eigenvalue weighted by atomic mass is 16.5. The maximum absolute atomic E-state index is 11.7. The van der Waals surface area contributed by atoms with Crippen LogP contribution in [-0.4, -0.2) is 25.3 Å². The van der Waals surface area contributed by atoms with Gasteiger partial charge in [-0.3, -0.25) is 14.8 Å². The number of Topliss-reactive ketones (excluding diaryl/α,β-unsaturated/α-hetero) is 1. The van der Waals surface area contributed by atoms with Crippen molar-refractivity contribution in [3.05, 3.63) is 41.1 Å². The fraction of sp³-hybridized carbons (Fsp3) is 0.214. The highest BCUT2D eigenvalue weighted by Crippen LogP contribution is 2.38. The lowest BCUT2D eigenvalue weighted by molar-refractivity contribution is -0.109. The van der Waals surface area contributed by atoms with Crippen LogP contribution in [0.25, 0.3) is 0 Å². The second-order valence-corrected chi connectivity index (χ2v) is 4.17. The van der Waals surface area contributed by atoms with Crippen molar-refractivity contribution in [1.29, 1.82) is 0 Å². The Kier molecular flexibility index (Phi) is 2.55. The summed E-state index contributed by atoms with van der Waals surface area (Å²) in [6.45, 7) is 0. The fourth-order valence-corrected chi connectivity index (χ4v) is 2.29. The molecule has 0 saturated heterocycles. The summed E-state index contributed by atoms with van der Waals surface area (Å²) < 4.78 is 5.34. The van der Waals surface area contributed by atoms with Gasteiger partial charge < -0.3 is 4.74 Å². The molecule has 3 rings (SSSR count). The molecule has 0 saturated carbocycles. The topological polar surface area (TPSA) is 51.0 Å². The maximum atomic E-state index is 11.7. The van der Waals surface area contributed by atoms with Gasteiger partial charge in [-0.25, -0.2) is 0 Å². The summed E-state index contributed by atoms with van der Waals surface area (Å²) in [6, 6.07) is 7.46. The summed E-state index contributed by atoms with van der Waals surface area (Å²) in [5.74, 6) is 0.733. The average molecular weight is 240 g/mol.